The van der Waals surface area contributed by atoms with Crippen LogP contribution in [0.4, 0.5) is 0 Å². The van der Waals surface area contributed by atoms with E-state index in [2.05, 4.69) is 5.32 Å². The van der Waals surface area contributed by atoms with Crippen LogP contribution in [0.25, 0.3) is 0 Å². The predicted molar refractivity (Wildman–Crippen MR) is 101 cm³/mol. The van der Waals surface area contributed by atoms with Gasteiger partial charge >= 0.3 is 5.97 Å². The molecule has 0 heterocycles. The van der Waals surface area contributed by atoms with Crippen LogP contribution in [0.1, 0.15) is 39.1 Å². The molecule has 0 aliphatic heterocycles. The molecule has 0 aromatic heterocycles. The Kier molecular flexibility index (Phi) is 5.96. The Bertz CT molecular complexity index is 812. The standard InChI is InChI=1S/C21H23NO5/c1-26-17-8-9-18(19(12-17)27-13-15-2-3-15)20(23)22-11-10-14-4-6-16(7-5-14)21(24)25/h4-9,12,15H,2-3,10-11,13H2,1H3,(H,22,23)(H,24,25). The van der Waals surface area contributed by atoms with Crippen molar-refractivity contribution in [3.05, 3.63) is 59.2 Å². The van der Waals surface area contributed by atoms with Gasteiger partial charge in [0.25, 0.3) is 5.91 Å². The smallest absolute Gasteiger partial charge is 0.335 e. The molecule has 1 aliphatic carbocycles. The number of rotatable bonds is 9. The maximum Gasteiger partial charge on any atom is 0.335 e. The van der Waals surface area contributed by atoms with Crippen molar-refractivity contribution >= 4 is 11.9 Å². The number of aromatic carboxylic acids is 1. The first-order valence-corrected chi connectivity index (χ1v) is 8.98. The first-order valence-electron chi connectivity index (χ1n) is 8.98. The number of ether oxygens (including phenoxy) is 2. The molecule has 3 rings (SSSR count). The molecular weight excluding hydrogens is 346 g/mol. The molecule has 1 aliphatic rings. The largest absolute Gasteiger partial charge is 0.497 e. The molecule has 1 saturated carbocycles. The maximum absolute atomic E-state index is 12.5. The van der Waals surface area contributed by atoms with Gasteiger partial charge in [-0.25, -0.2) is 4.79 Å². The molecule has 0 radical (unpaired) electrons. The van der Waals surface area contributed by atoms with E-state index in [1.807, 2.05) is 0 Å². The molecule has 1 fully saturated rings. The summed E-state index contributed by atoms with van der Waals surface area (Å²) in [6.07, 6.45) is 2.96. The first-order chi connectivity index (χ1) is 13.1. The molecule has 0 spiro atoms. The summed E-state index contributed by atoms with van der Waals surface area (Å²) in [6, 6.07) is 11.8. The Morgan fingerprint density at radius 2 is 1.89 bits per heavy atom. The number of nitrogens with one attached hydrogen (secondary N) is 1. The van der Waals surface area contributed by atoms with E-state index in [0.717, 1.165) is 5.56 Å². The second-order valence-corrected chi connectivity index (χ2v) is 6.62. The third kappa shape index (κ3) is 5.23. The SMILES string of the molecule is COc1ccc(C(=O)NCCc2ccc(C(=O)O)cc2)c(OCC2CC2)c1. The van der Waals surface area contributed by atoms with Crippen molar-refractivity contribution in [2.24, 2.45) is 5.92 Å². The highest BCUT2D eigenvalue weighted by Crippen LogP contribution is 2.31. The number of carbonyl (C=O) groups excluding carboxylic acids is 1. The summed E-state index contributed by atoms with van der Waals surface area (Å²) in [5.41, 5.74) is 1.69. The van der Waals surface area contributed by atoms with E-state index in [-0.39, 0.29) is 11.5 Å². The van der Waals surface area contributed by atoms with E-state index < -0.39 is 5.97 Å². The number of carboxylic acid groups (broad SMARTS) is 1. The van der Waals surface area contributed by atoms with E-state index in [4.69, 9.17) is 14.6 Å². The van der Waals surface area contributed by atoms with Gasteiger partial charge in [0, 0.05) is 12.6 Å². The van der Waals surface area contributed by atoms with Crippen LogP contribution in [0.15, 0.2) is 42.5 Å². The lowest BCUT2D eigenvalue weighted by Gasteiger charge is -2.13. The van der Waals surface area contributed by atoms with Gasteiger partial charge in [-0.15, -0.1) is 0 Å². The molecule has 0 unspecified atom stereocenters. The number of hydrogen-bond acceptors (Lipinski definition) is 4. The minimum Gasteiger partial charge on any atom is -0.497 e. The topological polar surface area (TPSA) is 84.9 Å². The highest BCUT2D eigenvalue weighted by molar-refractivity contribution is 5.97. The van der Waals surface area contributed by atoms with Crippen LogP contribution < -0.4 is 14.8 Å². The number of methoxy groups -OCH3 is 1. The lowest BCUT2D eigenvalue weighted by molar-refractivity contribution is 0.0696. The number of hydrogen-bond donors (Lipinski definition) is 2. The highest BCUT2D eigenvalue weighted by atomic mass is 16.5. The van der Waals surface area contributed by atoms with Crippen molar-refractivity contribution in [3.63, 3.8) is 0 Å². The Morgan fingerprint density at radius 3 is 2.52 bits per heavy atom. The number of carbonyl (C=O) groups is 2. The van der Waals surface area contributed by atoms with Gasteiger partial charge in [0.2, 0.25) is 0 Å². The van der Waals surface area contributed by atoms with Crippen LogP contribution in [0.5, 0.6) is 11.5 Å². The fraction of sp³-hybridized carbons (Fsp3) is 0.333. The molecule has 0 saturated heterocycles. The molecule has 1 amide bonds. The second kappa shape index (κ2) is 8.58. The zero-order valence-electron chi connectivity index (χ0n) is 15.2. The lowest BCUT2D eigenvalue weighted by atomic mass is 10.1. The minimum atomic E-state index is -0.951. The second-order valence-electron chi connectivity index (χ2n) is 6.62. The fourth-order valence-electron chi connectivity index (χ4n) is 2.66. The van der Waals surface area contributed by atoms with Crippen molar-refractivity contribution in [1.29, 1.82) is 0 Å². The summed E-state index contributed by atoms with van der Waals surface area (Å²) in [7, 11) is 1.58. The number of benzene rings is 2. The van der Waals surface area contributed by atoms with Gasteiger partial charge in [0.15, 0.2) is 0 Å². The summed E-state index contributed by atoms with van der Waals surface area (Å²) >= 11 is 0. The number of carboxylic acids is 1. The van der Waals surface area contributed by atoms with Crippen molar-refractivity contribution in [2.45, 2.75) is 19.3 Å². The van der Waals surface area contributed by atoms with Crippen LogP contribution in [-0.4, -0.2) is 37.2 Å². The van der Waals surface area contributed by atoms with Crippen LogP contribution >= 0.6 is 0 Å². The van der Waals surface area contributed by atoms with Crippen LogP contribution in [0, 0.1) is 5.92 Å². The molecule has 27 heavy (non-hydrogen) atoms. The van der Waals surface area contributed by atoms with Crippen LogP contribution in [0.2, 0.25) is 0 Å². The van der Waals surface area contributed by atoms with Gasteiger partial charge in [-0.2, -0.15) is 0 Å². The molecular formula is C21H23NO5. The van der Waals surface area contributed by atoms with Crippen LogP contribution in [0.3, 0.4) is 0 Å². The maximum atomic E-state index is 12.5. The lowest BCUT2D eigenvalue weighted by Crippen LogP contribution is -2.26. The van der Waals surface area contributed by atoms with E-state index in [1.54, 1.807) is 49.6 Å². The Morgan fingerprint density at radius 1 is 1.15 bits per heavy atom. The monoisotopic (exact) mass is 369 g/mol. The molecule has 0 atom stereocenters. The molecule has 2 aromatic carbocycles. The van der Waals surface area contributed by atoms with Crippen molar-refractivity contribution in [3.8, 4) is 11.5 Å². The third-order valence-corrected chi connectivity index (χ3v) is 4.50. The Labute approximate surface area is 158 Å². The van der Waals surface area contributed by atoms with Gasteiger partial charge < -0.3 is 19.9 Å². The molecule has 0 bridgehead atoms. The third-order valence-electron chi connectivity index (χ3n) is 4.50. The Hall–Kier alpha value is -3.02. The normalized spacial score (nSPS) is 13.1. The van der Waals surface area contributed by atoms with Crippen molar-refractivity contribution in [2.75, 3.05) is 20.3 Å². The van der Waals surface area contributed by atoms with Crippen molar-refractivity contribution < 1.29 is 24.2 Å². The Balaban J connectivity index is 1.58. The molecule has 2 aromatic rings. The van der Waals surface area contributed by atoms with Gasteiger partial charge in [-0.1, -0.05) is 12.1 Å². The summed E-state index contributed by atoms with van der Waals surface area (Å²) in [4.78, 5) is 23.4. The average molecular weight is 369 g/mol. The van der Waals surface area contributed by atoms with E-state index in [9.17, 15) is 9.59 Å². The summed E-state index contributed by atoms with van der Waals surface area (Å²) in [5, 5.41) is 11.8. The zero-order valence-corrected chi connectivity index (χ0v) is 15.2. The van der Waals surface area contributed by atoms with Gasteiger partial charge in [0.05, 0.1) is 24.8 Å². The summed E-state index contributed by atoms with van der Waals surface area (Å²) in [6.45, 7) is 1.06. The minimum absolute atomic E-state index is 0.203. The summed E-state index contributed by atoms with van der Waals surface area (Å²) < 4.78 is 11.1. The van der Waals surface area contributed by atoms with E-state index >= 15 is 0 Å². The van der Waals surface area contributed by atoms with Crippen molar-refractivity contribution in [1.82, 2.24) is 5.32 Å². The quantitative estimate of drug-likeness (QED) is 0.709. The van der Waals surface area contributed by atoms with E-state index in [0.29, 0.717) is 42.6 Å². The molecule has 142 valence electrons. The highest BCUT2D eigenvalue weighted by Gasteiger charge is 2.23. The molecule has 6 nitrogen and oxygen atoms in total. The number of amides is 1. The summed E-state index contributed by atoms with van der Waals surface area (Å²) in [5.74, 6) is 0.611. The first kappa shape index (κ1) is 18.8. The van der Waals surface area contributed by atoms with Gasteiger partial charge in [-0.05, 0) is 55.0 Å². The zero-order chi connectivity index (χ0) is 19.2. The van der Waals surface area contributed by atoms with E-state index in [1.165, 1.54) is 12.8 Å². The molecule has 6 heteroatoms. The predicted octanol–water partition coefficient (Wildman–Crippen LogP) is 3.15. The average Bonchev–Trinajstić information content (AvgIpc) is 3.51. The van der Waals surface area contributed by atoms with Crippen LogP contribution in [-0.2, 0) is 6.42 Å². The van der Waals surface area contributed by atoms with Gasteiger partial charge in [-0.3, -0.25) is 4.79 Å². The molecule has 2 N–H and O–H groups in total. The fourth-order valence-corrected chi connectivity index (χ4v) is 2.66. The van der Waals surface area contributed by atoms with Gasteiger partial charge in [0.1, 0.15) is 11.5 Å².